The first-order valence-corrected chi connectivity index (χ1v) is 6.54. The van der Waals surface area contributed by atoms with Crippen molar-refractivity contribution in [3.8, 4) is 0 Å². The van der Waals surface area contributed by atoms with Gasteiger partial charge in [-0.3, -0.25) is 4.79 Å². The molecule has 86 valence electrons. The second kappa shape index (κ2) is 5.11. The lowest BCUT2D eigenvalue weighted by atomic mass is 9.93. The molecular formula is C13H23NO. The van der Waals surface area contributed by atoms with Crippen LogP contribution in [0.15, 0.2) is 0 Å². The largest absolute Gasteiger partial charge is 0.303 e. The van der Waals surface area contributed by atoms with Crippen LogP contribution in [-0.4, -0.2) is 30.3 Å². The van der Waals surface area contributed by atoms with Crippen LogP contribution in [0.3, 0.4) is 0 Å². The third-order valence-electron chi connectivity index (χ3n) is 4.19. The van der Waals surface area contributed by atoms with Crippen LogP contribution in [0.2, 0.25) is 0 Å². The monoisotopic (exact) mass is 209 g/mol. The molecule has 1 aliphatic carbocycles. The molecule has 2 nitrogen and oxygen atoms in total. The minimum atomic E-state index is 0.378. The maximum atomic E-state index is 11.5. The molecule has 0 amide bonds. The van der Waals surface area contributed by atoms with Gasteiger partial charge in [0, 0.05) is 18.9 Å². The Balaban J connectivity index is 1.74. The lowest BCUT2D eigenvalue weighted by Crippen LogP contribution is -2.37. The van der Waals surface area contributed by atoms with Crippen LogP contribution in [0.4, 0.5) is 0 Å². The Morgan fingerprint density at radius 3 is 2.53 bits per heavy atom. The highest BCUT2D eigenvalue weighted by atomic mass is 16.1. The van der Waals surface area contributed by atoms with E-state index in [0.717, 1.165) is 31.7 Å². The maximum Gasteiger partial charge on any atom is 0.137 e. The van der Waals surface area contributed by atoms with Crippen LogP contribution in [0, 0.1) is 11.8 Å². The van der Waals surface area contributed by atoms with Gasteiger partial charge < -0.3 is 4.90 Å². The van der Waals surface area contributed by atoms with Crippen molar-refractivity contribution >= 4 is 5.78 Å². The van der Waals surface area contributed by atoms with Crippen molar-refractivity contribution in [1.82, 2.24) is 4.90 Å². The van der Waals surface area contributed by atoms with Crippen molar-refractivity contribution in [2.45, 2.75) is 45.4 Å². The summed E-state index contributed by atoms with van der Waals surface area (Å²) in [5, 5.41) is 0. The number of rotatable bonds is 3. The van der Waals surface area contributed by atoms with Crippen LogP contribution >= 0.6 is 0 Å². The second-order valence-electron chi connectivity index (χ2n) is 5.21. The van der Waals surface area contributed by atoms with E-state index in [2.05, 4.69) is 11.8 Å². The second-order valence-corrected chi connectivity index (χ2v) is 5.21. The van der Waals surface area contributed by atoms with Gasteiger partial charge in [0.25, 0.3) is 0 Å². The predicted octanol–water partition coefficient (Wildman–Crippen LogP) is 2.48. The van der Waals surface area contributed by atoms with Crippen LogP contribution in [0.5, 0.6) is 0 Å². The molecule has 15 heavy (non-hydrogen) atoms. The number of piperidine rings is 1. The summed E-state index contributed by atoms with van der Waals surface area (Å²) < 4.78 is 0. The van der Waals surface area contributed by atoms with Crippen molar-refractivity contribution in [2.75, 3.05) is 19.6 Å². The average Bonchev–Trinajstić information content (AvgIpc) is 2.66. The first kappa shape index (κ1) is 11.1. The molecule has 2 rings (SSSR count). The van der Waals surface area contributed by atoms with E-state index in [1.807, 2.05) is 0 Å². The minimum Gasteiger partial charge on any atom is -0.303 e. The molecule has 1 aliphatic heterocycles. The van der Waals surface area contributed by atoms with E-state index in [4.69, 9.17) is 0 Å². The molecule has 1 heterocycles. The van der Waals surface area contributed by atoms with Gasteiger partial charge in [-0.2, -0.15) is 0 Å². The van der Waals surface area contributed by atoms with Crippen LogP contribution in [0.25, 0.3) is 0 Å². The van der Waals surface area contributed by atoms with E-state index in [1.165, 1.54) is 32.4 Å². The fraction of sp³-hybridized carbons (Fsp3) is 0.923. The quantitative estimate of drug-likeness (QED) is 0.711. The van der Waals surface area contributed by atoms with Gasteiger partial charge in [-0.1, -0.05) is 13.3 Å². The van der Waals surface area contributed by atoms with Crippen molar-refractivity contribution < 1.29 is 4.79 Å². The van der Waals surface area contributed by atoms with Crippen LogP contribution in [-0.2, 0) is 4.79 Å². The third kappa shape index (κ3) is 2.81. The van der Waals surface area contributed by atoms with E-state index < -0.39 is 0 Å². The van der Waals surface area contributed by atoms with Gasteiger partial charge in [-0.25, -0.2) is 0 Å². The molecule has 0 aromatic carbocycles. The van der Waals surface area contributed by atoms with Crippen LogP contribution in [0.1, 0.15) is 45.4 Å². The molecule has 0 bridgehead atoms. The Morgan fingerprint density at radius 1 is 1.27 bits per heavy atom. The summed E-state index contributed by atoms with van der Waals surface area (Å²) in [4.78, 5) is 14.1. The van der Waals surface area contributed by atoms with Crippen molar-refractivity contribution in [3.05, 3.63) is 0 Å². The van der Waals surface area contributed by atoms with Crippen molar-refractivity contribution in [1.29, 1.82) is 0 Å². The van der Waals surface area contributed by atoms with Crippen molar-refractivity contribution in [3.63, 3.8) is 0 Å². The third-order valence-corrected chi connectivity index (χ3v) is 4.19. The highest BCUT2D eigenvalue weighted by Gasteiger charge is 2.27. The van der Waals surface area contributed by atoms with E-state index in [1.54, 1.807) is 0 Å². The van der Waals surface area contributed by atoms with Crippen molar-refractivity contribution in [2.24, 2.45) is 11.8 Å². The first-order valence-electron chi connectivity index (χ1n) is 6.54. The zero-order valence-electron chi connectivity index (χ0n) is 9.87. The highest BCUT2D eigenvalue weighted by molar-refractivity contribution is 5.83. The molecule has 0 spiro atoms. The lowest BCUT2D eigenvalue weighted by molar-refractivity contribution is -0.121. The molecule has 0 radical (unpaired) electrons. The number of ketones is 1. The molecular weight excluding hydrogens is 186 g/mol. The summed E-state index contributed by atoms with van der Waals surface area (Å²) in [5.74, 6) is 1.84. The summed E-state index contributed by atoms with van der Waals surface area (Å²) >= 11 is 0. The highest BCUT2D eigenvalue weighted by Crippen LogP contribution is 2.25. The Labute approximate surface area is 93.0 Å². The molecule has 0 aromatic heterocycles. The van der Waals surface area contributed by atoms with Gasteiger partial charge in [0.2, 0.25) is 0 Å². The first-order chi connectivity index (χ1) is 7.29. The van der Waals surface area contributed by atoms with Gasteiger partial charge in [0.15, 0.2) is 0 Å². The predicted molar refractivity (Wildman–Crippen MR) is 61.8 cm³/mol. The minimum absolute atomic E-state index is 0.378. The molecule has 2 heteroatoms. The van der Waals surface area contributed by atoms with Crippen LogP contribution < -0.4 is 0 Å². The average molecular weight is 209 g/mol. The number of nitrogens with zero attached hydrogens (tertiary/aromatic N) is 1. The number of hydrogen-bond acceptors (Lipinski definition) is 2. The summed E-state index contributed by atoms with van der Waals surface area (Å²) in [6.45, 7) is 5.79. The van der Waals surface area contributed by atoms with Gasteiger partial charge in [-0.05, 0) is 44.7 Å². The fourth-order valence-corrected chi connectivity index (χ4v) is 2.97. The summed E-state index contributed by atoms with van der Waals surface area (Å²) in [5.41, 5.74) is 0. The van der Waals surface area contributed by atoms with Gasteiger partial charge >= 0.3 is 0 Å². The number of carbonyl (C=O) groups excluding carboxylic acids is 1. The molecule has 1 saturated carbocycles. The SMILES string of the molecule is CCC1CCN(CC2CCCC2=O)CC1. The molecule has 2 fully saturated rings. The smallest absolute Gasteiger partial charge is 0.137 e. The standard InChI is InChI=1S/C13H23NO/c1-2-11-6-8-14(9-7-11)10-12-4-3-5-13(12)15/h11-12H,2-10H2,1H3. The Hall–Kier alpha value is -0.370. The van der Waals surface area contributed by atoms with Gasteiger partial charge in [0.05, 0.1) is 0 Å². The molecule has 1 unspecified atom stereocenters. The summed E-state index contributed by atoms with van der Waals surface area (Å²) in [6.07, 6.45) is 7.14. The van der Waals surface area contributed by atoms with E-state index >= 15 is 0 Å². The number of hydrogen-bond donors (Lipinski definition) is 0. The Morgan fingerprint density at radius 2 is 2.00 bits per heavy atom. The fourth-order valence-electron chi connectivity index (χ4n) is 2.97. The summed E-state index contributed by atoms with van der Waals surface area (Å²) in [6, 6.07) is 0. The topological polar surface area (TPSA) is 20.3 Å². The van der Waals surface area contributed by atoms with E-state index in [9.17, 15) is 4.79 Å². The maximum absolute atomic E-state index is 11.5. The molecule has 0 N–H and O–H groups in total. The number of Topliss-reactive ketones (excluding diaryl/α,β-unsaturated/α-hetero) is 1. The van der Waals surface area contributed by atoms with E-state index in [0.29, 0.717) is 11.7 Å². The number of likely N-dealkylation sites (tertiary alicyclic amines) is 1. The Bertz CT molecular complexity index is 219. The lowest BCUT2D eigenvalue weighted by Gasteiger charge is -2.32. The van der Waals surface area contributed by atoms with Gasteiger partial charge in [-0.15, -0.1) is 0 Å². The van der Waals surface area contributed by atoms with Gasteiger partial charge in [0.1, 0.15) is 5.78 Å². The summed E-state index contributed by atoms with van der Waals surface area (Å²) in [7, 11) is 0. The van der Waals surface area contributed by atoms with E-state index in [-0.39, 0.29) is 0 Å². The molecule has 1 atom stereocenters. The zero-order chi connectivity index (χ0) is 10.7. The molecule has 1 saturated heterocycles. The zero-order valence-corrected chi connectivity index (χ0v) is 9.87. The normalized spacial score (nSPS) is 29.9. The molecule has 2 aliphatic rings. The Kier molecular flexibility index (Phi) is 3.79. The number of carbonyl (C=O) groups is 1. The molecule has 0 aromatic rings.